The number of aryl methyl sites for hydroxylation is 1. The van der Waals surface area contributed by atoms with E-state index in [-0.39, 0.29) is 41.7 Å². The Morgan fingerprint density at radius 3 is 2.44 bits per heavy atom. The fraction of sp³-hybridized carbons (Fsp3) is 0.357. The summed E-state index contributed by atoms with van der Waals surface area (Å²) in [7, 11) is 0. The highest BCUT2D eigenvalue weighted by Gasteiger charge is 2.53. The zero-order chi connectivity index (χ0) is 25.3. The second-order valence-corrected chi connectivity index (χ2v) is 9.91. The van der Waals surface area contributed by atoms with Gasteiger partial charge in [-0.15, -0.1) is 0 Å². The minimum absolute atomic E-state index is 0.00901. The van der Waals surface area contributed by atoms with Crippen LogP contribution in [0.15, 0.2) is 60.9 Å². The SMILES string of the molecule is Cc1ccc(CNC(=O)C2(C)Cn3cnc(C(=O)NCCc4ccccc4)c3C(=O)N2C2CC2)cc1. The van der Waals surface area contributed by atoms with Gasteiger partial charge in [-0.05, 0) is 44.2 Å². The average molecular weight is 486 g/mol. The quantitative estimate of drug-likeness (QED) is 0.513. The third kappa shape index (κ3) is 4.63. The molecule has 0 radical (unpaired) electrons. The van der Waals surface area contributed by atoms with E-state index >= 15 is 0 Å². The Labute approximate surface area is 210 Å². The molecule has 186 valence electrons. The topological polar surface area (TPSA) is 96.3 Å². The fourth-order valence-electron chi connectivity index (χ4n) is 4.85. The molecule has 5 rings (SSSR count). The van der Waals surface area contributed by atoms with E-state index in [1.54, 1.807) is 16.4 Å². The van der Waals surface area contributed by atoms with Gasteiger partial charge in [0.15, 0.2) is 5.69 Å². The van der Waals surface area contributed by atoms with Crippen molar-refractivity contribution in [2.24, 2.45) is 0 Å². The Kier molecular flexibility index (Phi) is 6.35. The number of carbonyl (C=O) groups excluding carboxylic acids is 3. The van der Waals surface area contributed by atoms with Gasteiger partial charge >= 0.3 is 0 Å². The maximum atomic E-state index is 13.7. The predicted octanol–water partition coefficient (Wildman–Crippen LogP) is 2.86. The second kappa shape index (κ2) is 9.60. The van der Waals surface area contributed by atoms with E-state index < -0.39 is 5.54 Å². The molecule has 3 aromatic rings. The molecule has 8 heteroatoms. The number of hydrogen-bond acceptors (Lipinski definition) is 4. The van der Waals surface area contributed by atoms with Crippen LogP contribution < -0.4 is 10.6 Å². The normalized spacial score (nSPS) is 19.1. The molecule has 1 aromatic heterocycles. The molecule has 1 aliphatic carbocycles. The maximum absolute atomic E-state index is 13.7. The van der Waals surface area contributed by atoms with Gasteiger partial charge in [0, 0.05) is 19.1 Å². The van der Waals surface area contributed by atoms with Gasteiger partial charge in [0.25, 0.3) is 11.8 Å². The van der Waals surface area contributed by atoms with Crippen molar-refractivity contribution < 1.29 is 14.4 Å². The van der Waals surface area contributed by atoms with Gasteiger partial charge in [-0.2, -0.15) is 0 Å². The summed E-state index contributed by atoms with van der Waals surface area (Å²) in [6.07, 6.45) is 3.87. The molecule has 0 saturated heterocycles. The minimum atomic E-state index is -1.07. The minimum Gasteiger partial charge on any atom is -0.350 e. The molecule has 1 fully saturated rings. The van der Waals surface area contributed by atoms with Gasteiger partial charge in [-0.25, -0.2) is 4.98 Å². The first-order valence-electron chi connectivity index (χ1n) is 12.4. The third-order valence-corrected chi connectivity index (χ3v) is 7.00. The molecule has 2 aromatic carbocycles. The summed E-state index contributed by atoms with van der Waals surface area (Å²) in [6, 6.07) is 17.9. The van der Waals surface area contributed by atoms with Gasteiger partial charge < -0.3 is 20.1 Å². The number of carbonyl (C=O) groups is 3. The van der Waals surface area contributed by atoms with Gasteiger partial charge in [-0.1, -0.05) is 60.2 Å². The van der Waals surface area contributed by atoms with Crippen molar-refractivity contribution in [3.8, 4) is 0 Å². The van der Waals surface area contributed by atoms with E-state index in [0.717, 1.165) is 29.5 Å². The molecule has 2 N–H and O–H groups in total. The zero-order valence-electron chi connectivity index (χ0n) is 20.7. The van der Waals surface area contributed by atoms with Crippen LogP contribution in [0, 0.1) is 6.92 Å². The molecule has 2 aliphatic rings. The van der Waals surface area contributed by atoms with Crippen LogP contribution in [0.1, 0.15) is 57.4 Å². The molecule has 8 nitrogen and oxygen atoms in total. The summed E-state index contributed by atoms with van der Waals surface area (Å²) in [4.78, 5) is 46.1. The van der Waals surface area contributed by atoms with Crippen molar-refractivity contribution in [2.75, 3.05) is 6.54 Å². The summed E-state index contributed by atoms with van der Waals surface area (Å²) in [5, 5.41) is 5.90. The van der Waals surface area contributed by atoms with Crippen molar-refractivity contribution >= 4 is 17.7 Å². The number of fused-ring (bicyclic) bond motifs is 1. The van der Waals surface area contributed by atoms with Crippen LogP contribution in [-0.4, -0.2) is 50.3 Å². The number of nitrogens with one attached hydrogen (secondary N) is 2. The summed E-state index contributed by atoms with van der Waals surface area (Å²) in [5.74, 6) is -0.907. The Morgan fingerprint density at radius 1 is 1.03 bits per heavy atom. The van der Waals surface area contributed by atoms with Crippen LogP contribution in [0.5, 0.6) is 0 Å². The highest BCUT2D eigenvalue weighted by molar-refractivity contribution is 6.07. The van der Waals surface area contributed by atoms with Crippen LogP contribution in [0.4, 0.5) is 0 Å². The Bertz CT molecular complexity index is 1280. The second-order valence-electron chi connectivity index (χ2n) is 9.91. The number of benzene rings is 2. The van der Waals surface area contributed by atoms with E-state index in [9.17, 15) is 14.4 Å². The van der Waals surface area contributed by atoms with E-state index in [1.807, 2.05) is 61.5 Å². The molecule has 2 heterocycles. The highest BCUT2D eigenvalue weighted by Crippen LogP contribution is 2.38. The summed E-state index contributed by atoms with van der Waals surface area (Å²) in [6.45, 7) is 4.89. The first-order valence-corrected chi connectivity index (χ1v) is 12.4. The van der Waals surface area contributed by atoms with E-state index in [0.29, 0.717) is 19.5 Å². The smallest absolute Gasteiger partial charge is 0.274 e. The van der Waals surface area contributed by atoms with Crippen LogP contribution in [-0.2, 0) is 24.3 Å². The number of hydrogen-bond donors (Lipinski definition) is 2. The molecular weight excluding hydrogens is 454 g/mol. The Morgan fingerprint density at radius 2 is 1.75 bits per heavy atom. The number of aromatic nitrogens is 2. The number of imidazole rings is 1. The van der Waals surface area contributed by atoms with Crippen molar-refractivity contribution in [3.05, 3.63) is 89.0 Å². The summed E-state index contributed by atoms with van der Waals surface area (Å²) < 4.78 is 1.65. The van der Waals surface area contributed by atoms with Crippen LogP contribution in [0.2, 0.25) is 0 Å². The van der Waals surface area contributed by atoms with E-state index in [2.05, 4.69) is 15.6 Å². The lowest BCUT2D eigenvalue weighted by Gasteiger charge is -2.44. The van der Waals surface area contributed by atoms with Crippen LogP contribution in [0.25, 0.3) is 0 Å². The van der Waals surface area contributed by atoms with Gasteiger partial charge in [0.05, 0.1) is 12.9 Å². The lowest BCUT2D eigenvalue weighted by Crippen LogP contribution is -2.64. The summed E-state index contributed by atoms with van der Waals surface area (Å²) >= 11 is 0. The lowest BCUT2D eigenvalue weighted by molar-refractivity contribution is -0.133. The van der Waals surface area contributed by atoms with Gasteiger partial charge in [-0.3, -0.25) is 14.4 Å². The molecule has 1 atom stereocenters. The molecule has 1 unspecified atom stereocenters. The maximum Gasteiger partial charge on any atom is 0.274 e. The monoisotopic (exact) mass is 485 g/mol. The van der Waals surface area contributed by atoms with Crippen molar-refractivity contribution in [1.29, 1.82) is 0 Å². The number of rotatable bonds is 8. The van der Waals surface area contributed by atoms with E-state index in [1.165, 1.54) is 6.33 Å². The largest absolute Gasteiger partial charge is 0.350 e. The summed E-state index contributed by atoms with van der Waals surface area (Å²) in [5.41, 5.74) is 2.56. The lowest BCUT2D eigenvalue weighted by atomic mass is 9.93. The standard InChI is InChI=1S/C28H31N5O3/c1-19-8-10-21(11-9-19)16-30-27(36)28(2)17-32-18-31-23(24(32)26(35)33(28)22-12-13-22)25(34)29-15-14-20-6-4-3-5-7-20/h3-11,18,22H,12-17H2,1-2H3,(H,29,34)(H,30,36). The van der Waals surface area contributed by atoms with E-state index in [4.69, 9.17) is 0 Å². The predicted molar refractivity (Wildman–Crippen MR) is 135 cm³/mol. The third-order valence-electron chi connectivity index (χ3n) is 7.00. The van der Waals surface area contributed by atoms with Gasteiger partial charge in [0.2, 0.25) is 5.91 Å². The van der Waals surface area contributed by atoms with Crippen molar-refractivity contribution in [1.82, 2.24) is 25.1 Å². The average Bonchev–Trinajstić information content (AvgIpc) is 3.61. The molecule has 0 bridgehead atoms. The first kappa shape index (κ1) is 23.8. The molecule has 3 amide bonds. The molecule has 36 heavy (non-hydrogen) atoms. The molecular formula is C28H31N5O3. The fourth-order valence-corrected chi connectivity index (χ4v) is 4.85. The Balaban J connectivity index is 1.32. The number of amides is 3. The van der Waals surface area contributed by atoms with Gasteiger partial charge in [0.1, 0.15) is 11.2 Å². The number of nitrogens with zero attached hydrogens (tertiary/aromatic N) is 3. The Hall–Kier alpha value is -3.94. The highest BCUT2D eigenvalue weighted by atomic mass is 16.2. The van der Waals surface area contributed by atoms with Crippen molar-refractivity contribution in [3.63, 3.8) is 0 Å². The molecule has 1 saturated carbocycles. The van der Waals surface area contributed by atoms with Crippen LogP contribution >= 0.6 is 0 Å². The van der Waals surface area contributed by atoms with Crippen LogP contribution in [0.3, 0.4) is 0 Å². The first-order chi connectivity index (χ1) is 17.4. The zero-order valence-corrected chi connectivity index (χ0v) is 20.7. The molecule has 1 aliphatic heterocycles. The van der Waals surface area contributed by atoms with Crippen molar-refractivity contribution in [2.45, 2.75) is 57.8 Å². The molecule has 0 spiro atoms.